The highest BCUT2D eigenvalue weighted by atomic mass is 32.2. The minimum Gasteiger partial charge on any atom is -0.427 e. The van der Waals surface area contributed by atoms with E-state index in [-0.39, 0.29) is 12.0 Å². The number of hydrogen-bond donors (Lipinski definition) is 1. The van der Waals surface area contributed by atoms with Crippen molar-refractivity contribution >= 4 is 29.4 Å². The first-order valence-electron chi connectivity index (χ1n) is 13.3. The molecule has 3 rings (SSSR count). The van der Waals surface area contributed by atoms with Crippen LogP contribution in [0.5, 0.6) is 5.75 Å². The van der Waals surface area contributed by atoms with E-state index < -0.39 is 0 Å². The van der Waals surface area contributed by atoms with Crippen LogP contribution in [-0.4, -0.2) is 25.1 Å². The first-order chi connectivity index (χ1) is 18.1. The maximum Gasteiger partial charge on any atom is 0.321 e. The van der Waals surface area contributed by atoms with Crippen molar-refractivity contribution in [2.75, 3.05) is 18.0 Å². The molecule has 0 saturated carbocycles. The lowest BCUT2D eigenvalue weighted by Crippen LogP contribution is -2.41. The SMILES string of the molecule is CCCCCNC(=O)N(CCCc1ccccc1)c1ccc(Sc2ccc(OC(=O)CCC)cc2)cc1. The molecule has 0 heterocycles. The lowest BCUT2D eigenvalue weighted by molar-refractivity contribution is -0.134. The van der Waals surface area contributed by atoms with E-state index in [2.05, 4.69) is 36.5 Å². The number of hydrogen-bond acceptors (Lipinski definition) is 4. The number of aryl methyl sites for hydroxylation is 1. The molecule has 0 aromatic heterocycles. The van der Waals surface area contributed by atoms with Gasteiger partial charge in [0.2, 0.25) is 0 Å². The molecule has 0 saturated heterocycles. The molecule has 196 valence electrons. The van der Waals surface area contributed by atoms with Crippen molar-refractivity contribution in [1.82, 2.24) is 5.32 Å². The van der Waals surface area contributed by atoms with E-state index in [0.29, 0.717) is 25.3 Å². The summed E-state index contributed by atoms with van der Waals surface area (Å²) < 4.78 is 5.33. The van der Waals surface area contributed by atoms with Crippen LogP contribution >= 0.6 is 11.8 Å². The molecule has 0 aliphatic rings. The molecule has 0 fully saturated rings. The molecular weight excluding hydrogens is 480 g/mol. The Balaban J connectivity index is 1.61. The lowest BCUT2D eigenvalue weighted by atomic mass is 10.1. The van der Waals surface area contributed by atoms with Crippen molar-refractivity contribution in [2.24, 2.45) is 0 Å². The van der Waals surface area contributed by atoms with Gasteiger partial charge in [-0.1, -0.05) is 68.8 Å². The van der Waals surface area contributed by atoms with Crippen LogP contribution < -0.4 is 15.0 Å². The van der Waals surface area contributed by atoms with E-state index in [1.54, 1.807) is 11.8 Å². The van der Waals surface area contributed by atoms with Gasteiger partial charge >= 0.3 is 12.0 Å². The topological polar surface area (TPSA) is 58.6 Å². The monoisotopic (exact) mass is 518 g/mol. The summed E-state index contributed by atoms with van der Waals surface area (Å²) >= 11 is 1.63. The summed E-state index contributed by atoms with van der Waals surface area (Å²) in [6, 6.07) is 26.0. The lowest BCUT2D eigenvalue weighted by Gasteiger charge is -2.24. The molecule has 0 unspecified atom stereocenters. The van der Waals surface area contributed by atoms with E-state index in [1.807, 2.05) is 66.4 Å². The van der Waals surface area contributed by atoms with Crippen molar-refractivity contribution in [3.63, 3.8) is 0 Å². The average Bonchev–Trinajstić information content (AvgIpc) is 2.91. The number of anilines is 1. The second-order valence-electron chi connectivity index (χ2n) is 8.97. The predicted octanol–water partition coefficient (Wildman–Crippen LogP) is 7.88. The highest BCUT2D eigenvalue weighted by molar-refractivity contribution is 7.99. The fraction of sp³-hybridized carbons (Fsp3) is 0.355. The minimum absolute atomic E-state index is 0.0437. The number of ether oxygens (including phenoxy) is 1. The average molecular weight is 519 g/mol. The van der Waals surface area contributed by atoms with Crippen molar-refractivity contribution in [3.8, 4) is 5.75 Å². The maximum absolute atomic E-state index is 13.0. The molecule has 0 bridgehead atoms. The van der Waals surface area contributed by atoms with Crippen LogP contribution in [-0.2, 0) is 11.2 Å². The molecule has 0 aliphatic carbocycles. The zero-order chi connectivity index (χ0) is 26.3. The highest BCUT2D eigenvalue weighted by Crippen LogP contribution is 2.30. The fourth-order valence-electron chi connectivity index (χ4n) is 3.89. The Kier molecular flexibility index (Phi) is 12.1. The number of carbonyl (C=O) groups is 2. The summed E-state index contributed by atoms with van der Waals surface area (Å²) in [6.07, 6.45) is 6.24. The summed E-state index contributed by atoms with van der Waals surface area (Å²) in [4.78, 5) is 28.7. The van der Waals surface area contributed by atoms with Crippen molar-refractivity contribution in [3.05, 3.63) is 84.4 Å². The minimum atomic E-state index is -0.207. The number of nitrogens with one attached hydrogen (secondary N) is 1. The number of rotatable bonds is 14. The normalized spacial score (nSPS) is 10.6. The molecule has 37 heavy (non-hydrogen) atoms. The standard InChI is InChI=1S/C31H38N2O3S/c1-3-5-9-23-32-31(35)33(24-10-14-25-12-7-6-8-13-25)26-15-19-28(20-16-26)37-29-21-17-27(18-22-29)36-30(34)11-4-2/h6-8,12-13,15-22H,3-5,9-11,14,23-24H2,1-2H3,(H,32,35). The Morgan fingerprint density at radius 3 is 2.14 bits per heavy atom. The molecule has 0 aliphatic heterocycles. The molecule has 0 atom stereocenters. The zero-order valence-corrected chi connectivity index (χ0v) is 22.8. The molecule has 1 N–H and O–H groups in total. The van der Waals surface area contributed by atoms with E-state index in [1.165, 1.54) is 5.56 Å². The maximum atomic E-state index is 13.0. The van der Waals surface area contributed by atoms with E-state index in [9.17, 15) is 9.59 Å². The Bertz CT molecular complexity index is 1090. The van der Waals surface area contributed by atoms with Crippen molar-refractivity contribution in [2.45, 2.75) is 68.6 Å². The summed E-state index contributed by atoms with van der Waals surface area (Å²) in [5.41, 5.74) is 2.17. The number of nitrogens with zero attached hydrogens (tertiary/aromatic N) is 1. The van der Waals surface area contributed by atoms with E-state index in [0.717, 1.165) is 54.0 Å². The smallest absolute Gasteiger partial charge is 0.321 e. The predicted molar refractivity (Wildman–Crippen MR) is 153 cm³/mol. The van der Waals surface area contributed by atoms with Gasteiger partial charge in [-0.3, -0.25) is 9.69 Å². The summed E-state index contributed by atoms with van der Waals surface area (Å²) in [7, 11) is 0. The Morgan fingerprint density at radius 2 is 1.49 bits per heavy atom. The molecule has 3 aromatic rings. The number of amides is 2. The van der Waals surface area contributed by atoms with Crippen LogP contribution in [0.1, 0.15) is 57.9 Å². The Labute approximate surface area is 225 Å². The van der Waals surface area contributed by atoms with Crippen LogP contribution in [0.3, 0.4) is 0 Å². The molecule has 5 nitrogen and oxygen atoms in total. The van der Waals surface area contributed by atoms with Crippen LogP contribution in [0.25, 0.3) is 0 Å². The first-order valence-corrected chi connectivity index (χ1v) is 14.1. The summed E-state index contributed by atoms with van der Waals surface area (Å²) in [5.74, 6) is 0.357. The van der Waals surface area contributed by atoms with Gasteiger partial charge in [0.05, 0.1) is 0 Å². The van der Waals surface area contributed by atoms with Gasteiger partial charge in [-0.2, -0.15) is 0 Å². The van der Waals surface area contributed by atoms with Crippen LogP contribution in [0.4, 0.5) is 10.5 Å². The van der Waals surface area contributed by atoms with Crippen LogP contribution in [0, 0.1) is 0 Å². The molecular formula is C31H38N2O3S. The zero-order valence-electron chi connectivity index (χ0n) is 21.9. The number of unbranched alkanes of at least 4 members (excludes halogenated alkanes) is 2. The third-order valence-corrected chi connectivity index (χ3v) is 6.90. The van der Waals surface area contributed by atoms with Crippen molar-refractivity contribution < 1.29 is 14.3 Å². The van der Waals surface area contributed by atoms with E-state index in [4.69, 9.17) is 4.74 Å². The van der Waals surface area contributed by atoms with Gasteiger partial charge in [0.25, 0.3) is 0 Å². The van der Waals surface area contributed by atoms with Gasteiger partial charge in [0.1, 0.15) is 5.75 Å². The molecule has 6 heteroatoms. The van der Waals surface area contributed by atoms with Gasteiger partial charge in [-0.05, 0) is 79.8 Å². The third kappa shape index (κ3) is 9.96. The second kappa shape index (κ2) is 15.8. The fourth-order valence-corrected chi connectivity index (χ4v) is 4.71. The first kappa shape index (κ1) is 28.3. The Hall–Kier alpha value is -3.25. The molecule has 2 amide bonds. The number of benzene rings is 3. The molecule has 0 spiro atoms. The summed E-state index contributed by atoms with van der Waals surface area (Å²) in [6.45, 7) is 5.46. The van der Waals surface area contributed by atoms with Crippen LogP contribution in [0.15, 0.2) is 88.7 Å². The van der Waals surface area contributed by atoms with Gasteiger partial charge in [0, 0.05) is 35.0 Å². The second-order valence-corrected chi connectivity index (χ2v) is 10.1. The number of carbonyl (C=O) groups excluding carboxylic acids is 2. The van der Waals surface area contributed by atoms with Crippen molar-refractivity contribution in [1.29, 1.82) is 0 Å². The number of urea groups is 1. The molecule has 0 radical (unpaired) electrons. The van der Waals surface area contributed by atoms with Gasteiger partial charge in [-0.15, -0.1) is 0 Å². The summed E-state index contributed by atoms with van der Waals surface area (Å²) in [5, 5.41) is 3.09. The highest BCUT2D eigenvalue weighted by Gasteiger charge is 2.15. The van der Waals surface area contributed by atoms with Gasteiger partial charge in [0.15, 0.2) is 0 Å². The largest absolute Gasteiger partial charge is 0.427 e. The van der Waals surface area contributed by atoms with E-state index >= 15 is 0 Å². The van der Waals surface area contributed by atoms with Crippen LogP contribution in [0.2, 0.25) is 0 Å². The third-order valence-electron chi connectivity index (χ3n) is 5.89. The number of esters is 1. The Morgan fingerprint density at radius 1 is 0.811 bits per heavy atom. The molecule has 3 aromatic carbocycles. The quantitative estimate of drug-likeness (QED) is 0.134. The van der Waals surface area contributed by atoms with Gasteiger partial charge < -0.3 is 10.1 Å². The van der Waals surface area contributed by atoms with Gasteiger partial charge in [-0.25, -0.2) is 4.79 Å².